The van der Waals surface area contributed by atoms with Gasteiger partial charge in [0.05, 0.1) is 13.1 Å². The number of likely N-dealkylation sites (tertiary alicyclic amines) is 1. The van der Waals surface area contributed by atoms with Crippen molar-refractivity contribution < 1.29 is 4.79 Å². The van der Waals surface area contributed by atoms with Gasteiger partial charge in [0.2, 0.25) is 5.91 Å². The second-order valence-corrected chi connectivity index (χ2v) is 7.99. The number of para-hydroxylation sites is 1. The van der Waals surface area contributed by atoms with Gasteiger partial charge in [-0.25, -0.2) is 9.48 Å². The van der Waals surface area contributed by atoms with Gasteiger partial charge in [0.15, 0.2) is 0 Å². The van der Waals surface area contributed by atoms with Gasteiger partial charge in [0.25, 0.3) is 0 Å². The summed E-state index contributed by atoms with van der Waals surface area (Å²) in [4.78, 5) is 27.4. The van der Waals surface area contributed by atoms with Crippen molar-refractivity contribution in [3.05, 3.63) is 82.5 Å². The summed E-state index contributed by atoms with van der Waals surface area (Å²) in [6.45, 7) is 5.10. The highest BCUT2D eigenvalue weighted by atomic mass is 16.2. The van der Waals surface area contributed by atoms with Crippen LogP contribution in [0.1, 0.15) is 37.1 Å². The molecule has 162 valence electrons. The van der Waals surface area contributed by atoms with Crippen LogP contribution in [-0.2, 0) is 17.9 Å². The van der Waals surface area contributed by atoms with E-state index >= 15 is 0 Å². The smallest absolute Gasteiger partial charge is 0.325 e. The predicted octanol–water partition coefficient (Wildman–Crippen LogP) is 2.93. The van der Waals surface area contributed by atoms with E-state index in [1.165, 1.54) is 0 Å². The Bertz CT molecular complexity index is 1050. The Morgan fingerprint density at radius 3 is 2.32 bits per heavy atom. The highest BCUT2D eigenvalue weighted by Crippen LogP contribution is 2.26. The third kappa shape index (κ3) is 5.11. The van der Waals surface area contributed by atoms with Crippen LogP contribution in [0.5, 0.6) is 0 Å². The molecule has 0 saturated carbocycles. The predicted molar refractivity (Wildman–Crippen MR) is 121 cm³/mol. The zero-order valence-electron chi connectivity index (χ0n) is 17.9. The molecule has 1 aliphatic rings. The first-order chi connectivity index (χ1) is 15.1. The summed E-state index contributed by atoms with van der Waals surface area (Å²) in [5, 5.41) is 7.65. The number of piperidine rings is 1. The van der Waals surface area contributed by atoms with Crippen molar-refractivity contribution in [1.82, 2.24) is 19.2 Å². The molecule has 1 N–H and O–H groups in total. The van der Waals surface area contributed by atoms with Crippen molar-refractivity contribution in [2.24, 2.45) is 0 Å². The minimum atomic E-state index is -0.0500. The first-order valence-corrected chi connectivity index (χ1v) is 10.9. The molecule has 0 bridgehead atoms. The van der Waals surface area contributed by atoms with Crippen LogP contribution in [-0.4, -0.2) is 44.8 Å². The number of amides is 1. The van der Waals surface area contributed by atoms with Crippen molar-refractivity contribution in [3.8, 4) is 0 Å². The summed E-state index contributed by atoms with van der Waals surface area (Å²) in [5.41, 5.74) is 1.83. The zero-order valence-corrected chi connectivity index (χ0v) is 17.9. The van der Waals surface area contributed by atoms with Crippen LogP contribution in [0, 0.1) is 0 Å². The Morgan fingerprint density at radius 2 is 1.68 bits per heavy atom. The fraction of sp³-hybridized carbons (Fsp3) is 0.375. The largest absolute Gasteiger partial charge is 0.346 e. The highest BCUT2D eigenvalue weighted by molar-refractivity contribution is 5.92. The molecular weight excluding hydrogens is 390 g/mol. The maximum atomic E-state index is 12.9. The minimum absolute atomic E-state index is 0.00209. The standard InChI is InChI=1S/C24H29N5O2/c1-2-28-23(26-29(24(28)31)17-19-9-5-3-6-10-19)20-13-15-27(16-14-20)18-22(30)25-21-11-7-4-8-12-21/h3-12,20H,2,13-18H2,1H3,(H,25,30). The van der Waals surface area contributed by atoms with E-state index in [0.717, 1.165) is 43.0 Å². The van der Waals surface area contributed by atoms with Gasteiger partial charge in [-0.05, 0) is 50.6 Å². The Kier molecular flexibility index (Phi) is 6.62. The quantitative estimate of drug-likeness (QED) is 0.639. The number of hydrogen-bond acceptors (Lipinski definition) is 4. The fourth-order valence-corrected chi connectivity index (χ4v) is 4.19. The summed E-state index contributed by atoms with van der Waals surface area (Å²) in [6, 6.07) is 19.5. The van der Waals surface area contributed by atoms with Gasteiger partial charge in [-0.3, -0.25) is 14.3 Å². The number of nitrogens with zero attached hydrogens (tertiary/aromatic N) is 4. The Morgan fingerprint density at radius 1 is 1.03 bits per heavy atom. The van der Waals surface area contributed by atoms with Gasteiger partial charge in [0.1, 0.15) is 5.82 Å². The molecule has 1 amide bonds. The van der Waals surface area contributed by atoms with E-state index in [-0.39, 0.29) is 17.5 Å². The van der Waals surface area contributed by atoms with Crippen molar-refractivity contribution in [2.75, 3.05) is 25.0 Å². The summed E-state index contributed by atoms with van der Waals surface area (Å²) in [7, 11) is 0. The Balaban J connectivity index is 1.37. The first kappa shape index (κ1) is 21.1. The number of rotatable bonds is 7. The molecule has 0 unspecified atom stereocenters. The molecule has 0 atom stereocenters. The molecule has 0 radical (unpaired) electrons. The van der Waals surface area contributed by atoms with Crippen LogP contribution in [0.25, 0.3) is 0 Å². The van der Waals surface area contributed by atoms with Gasteiger partial charge in [0, 0.05) is 18.2 Å². The molecule has 4 rings (SSSR count). The SMILES string of the molecule is CCn1c(C2CCN(CC(=O)Nc3ccccc3)CC2)nn(Cc2ccccc2)c1=O. The van der Waals surface area contributed by atoms with E-state index in [4.69, 9.17) is 5.10 Å². The number of aromatic nitrogens is 3. The van der Waals surface area contributed by atoms with Gasteiger partial charge in [-0.2, -0.15) is 5.10 Å². The van der Waals surface area contributed by atoms with Gasteiger partial charge < -0.3 is 5.32 Å². The minimum Gasteiger partial charge on any atom is -0.325 e. The van der Waals surface area contributed by atoms with Gasteiger partial charge in [-0.15, -0.1) is 0 Å². The van der Waals surface area contributed by atoms with Crippen LogP contribution in [0.15, 0.2) is 65.5 Å². The molecule has 7 nitrogen and oxygen atoms in total. The lowest BCUT2D eigenvalue weighted by Crippen LogP contribution is -2.39. The van der Waals surface area contributed by atoms with Crippen molar-refractivity contribution in [2.45, 2.75) is 38.8 Å². The van der Waals surface area contributed by atoms with Crippen LogP contribution in [0.3, 0.4) is 0 Å². The molecule has 0 aliphatic carbocycles. The fourth-order valence-electron chi connectivity index (χ4n) is 4.19. The second-order valence-electron chi connectivity index (χ2n) is 7.99. The zero-order chi connectivity index (χ0) is 21.6. The van der Waals surface area contributed by atoms with E-state index in [1.807, 2.05) is 67.6 Å². The van der Waals surface area contributed by atoms with Gasteiger partial charge in [-0.1, -0.05) is 48.5 Å². The molecule has 3 aromatic rings. The first-order valence-electron chi connectivity index (χ1n) is 10.9. The molecule has 0 spiro atoms. The number of carbonyl (C=O) groups excluding carboxylic acids is 1. The summed E-state index contributed by atoms with van der Waals surface area (Å²) in [6.07, 6.45) is 1.78. The van der Waals surface area contributed by atoms with Crippen LogP contribution >= 0.6 is 0 Å². The van der Waals surface area contributed by atoms with Crippen molar-refractivity contribution in [1.29, 1.82) is 0 Å². The normalized spacial score (nSPS) is 15.1. The molecule has 1 saturated heterocycles. The second kappa shape index (κ2) is 9.75. The average molecular weight is 420 g/mol. The number of benzene rings is 2. The lowest BCUT2D eigenvalue weighted by atomic mass is 9.96. The monoisotopic (exact) mass is 419 g/mol. The van der Waals surface area contributed by atoms with Crippen molar-refractivity contribution >= 4 is 11.6 Å². The topological polar surface area (TPSA) is 72.2 Å². The van der Waals surface area contributed by atoms with Crippen LogP contribution in [0.2, 0.25) is 0 Å². The molecule has 2 heterocycles. The highest BCUT2D eigenvalue weighted by Gasteiger charge is 2.27. The van der Waals surface area contributed by atoms with E-state index in [9.17, 15) is 9.59 Å². The molecular formula is C24H29N5O2. The number of anilines is 1. The van der Waals surface area contributed by atoms with E-state index in [2.05, 4.69) is 10.2 Å². The maximum absolute atomic E-state index is 12.9. The summed E-state index contributed by atoms with van der Waals surface area (Å²) in [5.74, 6) is 1.11. The Hall–Kier alpha value is -3.19. The van der Waals surface area contributed by atoms with E-state index in [0.29, 0.717) is 19.6 Å². The van der Waals surface area contributed by atoms with Crippen LogP contribution < -0.4 is 11.0 Å². The van der Waals surface area contributed by atoms with Crippen molar-refractivity contribution in [3.63, 3.8) is 0 Å². The van der Waals surface area contributed by atoms with Gasteiger partial charge >= 0.3 is 5.69 Å². The Labute approximate surface area is 182 Å². The lowest BCUT2D eigenvalue weighted by Gasteiger charge is -2.30. The number of hydrogen-bond donors (Lipinski definition) is 1. The van der Waals surface area contributed by atoms with Crippen LogP contribution in [0.4, 0.5) is 5.69 Å². The van der Waals surface area contributed by atoms with E-state index in [1.54, 1.807) is 9.25 Å². The molecule has 7 heteroatoms. The summed E-state index contributed by atoms with van der Waals surface area (Å²) >= 11 is 0. The molecule has 1 aromatic heterocycles. The average Bonchev–Trinajstić information content (AvgIpc) is 3.10. The summed E-state index contributed by atoms with van der Waals surface area (Å²) < 4.78 is 3.37. The molecule has 31 heavy (non-hydrogen) atoms. The van der Waals surface area contributed by atoms with E-state index < -0.39 is 0 Å². The molecule has 1 fully saturated rings. The number of carbonyl (C=O) groups is 1. The maximum Gasteiger partial charge on any atom is 0.346 e. The number of nitrogens with one attached hydrogen (secondary N) is 1. The molecule has 2 aromatic carbocycles. The lowest BCUT2D eigenvalue weighted by molar-refractivity contribution is -0.117. The third-order valence-corrected chi connectivity index (χ3v) is 5.82. The molecule has 1 aliphatic heterocycles. The third-order valence-electron chi connectivity index (χ3n) is 5.82.